The first-order valence-electron chi connectivity index (χ1n) is 5.22. The molecular weight excluding hydrogens is 240 g/mol. The summed E-state index contributed by atoms with van der Waals surface area (Å²) in [6, 6.07) is 8.00. The van der Waals surface area contributed by atoms with E-state index in [9.17, 15) is 13.9 Å². The van der Waals surface area contributed by atoms with Crippen LogP contribution in [0.15, 0.2) is 36.4 Å². The van der Waals surface area contributed by atoms with Crippen molar-refractivity contribution in [3.8, 4) is 11.5 Å². The number of hydrogen-bond donors (Lipinski definition) is 2. The van der Waals surface area contributed by atoms with Gasteiger partial charge in [0, 0.05) is 0 Å². The molecular formula is C13H11F2NO2. The molecule has 3 N–H and O–H groups in total. The summed E-state index contributed by atoms with van der Waals surface area (Å²) in [7, 11) is 0. The molecule has 0 aliphatic heterocycles. The molecule has 0 aromatic heterocycles. The standard InChI is InChI=1S/C13H11F2NO2/c14-9-3-1-4-10(15)8(9)7-18-12-6-2-5-11(17)13(12)16/h1-6,17H,7,16H2. The number of ether oxygens (including phenoxy) is 1. The third-order valence-corrected chi connectivity index (χ3v) is 2.48. The molecule has 0 saturated carbocycles. The average molecular weight is 251 g/mol. The number of para-hydroxylation sites is 1. The smallest absolute Gasteiger partial charge is 0.146 e. The molecule has 0 unspecified atom stereocenters. The SMILES string of the molecule is Nc1c(O)cccc1OCc1c(F)cccc1F. The topological polar surface area (TPSA) is 55.5 Å². The minimum Gasteiger partial charge on any atom is -0.506 e. The fourth-order valence-electron chi connectivity index (χ4n) is 1.48. The van der Waals surface area contributed by atoms with E-state index in [2.05, 4.69) is 0 Å². The maximum atomic E-state index is 13.3. The molecule has 2 aromatic rings. The molecule has 0 fully saturated rings. The zero-order valence-corrected chi connectivity index (χ0v) is 9.36. The van der Waals surface area contributed by atoms with E-state index in [4.69, 9.17) is 10.5 Å². The summed E-state index contributed by atoms with van der Waals surface area (Å²) in [5, 5.41) is 9.35. The van der Waals surface area contributed by atoms with Crippen LogP contribution in [0.5, 0.6) is 11.5 Å². The lowest BCUT2D eigenvalue weighted by molar-refractivity contribution is 0.293. The van der Waals surface area contributed by atoms with Gasteiger partial charge in [0.15, 0.2) is 0 Å². The van der Waals surface area contributed by atoms with Crippen molar-refractivity contribution in [2.24, 2.45) is 0 Å². The van der Waals surface area contributed by atoms with Gasteiger partial charge in [-0.2, -0.15) is 0 Å². The molecule has 0 radical (unpaired) electrons. The van der Waals surface area contributed by atoms with Gasteiger partial charge in [-0.3, -0.25) is 0 Å². The predicted molar refractivity (Wildman–Crippen MR) is 63.2 cm³/mol. The predicted octanol–water partition coefficient (Wildman–Crippen LogP) is 2.83. The van der Waals surface area contributed by atoms with E-state index in [1.165, 1.54) is 24.3 Å². The molecule has 94 valence electrons. The lowest BCUT2D eigenvalue weighted by Gasteiger charge is -2.10. The average Bonchev–Trinajstić information content (AvgIpc) is 2.33. The van der Waals surface area contributed by atoms with Gasteiger partial charge >= 0.3 is 0 Å². The molecule has 3 nitrogen and oxygen atoms in total. The summed E-state index contributed by atoms with van der Waals surface area (Å²) in [5.41, 5.74) is 5.42. The van der Waals surface area contributed by atoms with Gasteiger partial charge < -0.3 is 15.6 Å². The monoisotopic (exact) mass is 251 g/mol. The first-order chi connectivity index (χ1) is 8.59. The normalized spacial score (nSPS) is 10.3. The van der Waals surface area contributed by atoms with Crippen LogP contribution in [0, 0.1) is 11.6 Å². The number of halogens is 2. The van der Waals surface area contributed by atoms with E-state index in [0.29, 0.717) is 0 Å². The molecule has 0 aliphatic rings. The zero-order valence-electron chi connectivity index (χ0n) is 9.36. The summed E-state index contributed by atoms with van der Waals surface area (Å²) in [6.07, 6.45) is 0. The van der Waals surface area contributed by atoms with E-state index in [-0.39, 0.29) is 29.4 Å². The molecule has 0 atom stereocenters. The van der Waals surface area contributed by atoms with Crippen LogP contribution in [0.2, 0.25) is 0 Å². The Morgan fingerprint density at radius 1 is 1.06 bits per heavy atom. The largest absolute Gasteiger partial charge is 0.506 e. The van der Waals surface area contributed by atoms with Gasteiger partial charge in [-0.15, -0.1) is 0 Å². The fourth-order valence-corrected chi connectivity index (χ4v) is 1.48. The first kappa shape index (κ1) is 12.2. The molecule has 2 rings (SSSR count). The molecule has 0 saturated heterocycles. The van der Waals surface area contributed by atoms with E-state index >= 15 is 0 Å². The van der Waals surface area contributed by atoms with Crippen LogP contribution in [0.25, 0.3) is 0 Å². The number of nitrogen functional groups attached to an aromatic ring is 1. The molecule has 0 heterocycles. The summed E-state index contributed by atoms with van der Waals surface area (Å²) in [5.74, 6) is -1.33. The van der Waals surface area contributed by atoms with Crippen molar-refractivity contribution in [1.82, 2.24) is 0 Å². The quantitative estimate of drug-likeness (QED) is 0.651. The van der Waals surface area contributed by atoms with Crippen molar-refractivity contribution < 1.29 is 18.6 Å². The first-order valence-corrected chi connectivity index (χ1v) is 5.22. The van der Waals surface area contributed by atoms with E-state index in [0.717, 1.165) is 12.1 Å². The fraction of sp³-hybridized carbons (Fsp3) is 0.0769. The minimum absolute atomic E-state index is 0.0363. The number of rotatable bonds is 3. The van der Waals surface area contributed by atoms with Gasteiger partial charge in [0.1, 0.15) is 35.4 Å². The second-order valence-electron chi connectivity index (χ2n) is 3.68. The highest BCUT2D eigenvalue weighted by molar-refractivity contribution is 5.61. The molecule has 18 heavy (non-hydrogen) atoms. The Kier molecular flexibility index (Phi) is 3.32. The highest BCUT2D eigenvalue weighted by Gasteiger charge is 2.11. The number of nitrogens with two attached hydrogens (primary N) is 1. The van der Waals surface area contributed by atoms with Crippen LogP contribution < -0.4 is 10.5 Å². The summed E-state index contributed by atoms with van der Waals surface area (Å²) < 4.78 is 31.9. The Hall–Kier alpha value is -2.30. The van der Waals surface area contributed by atoms with Crippen LogP contribution in [0.4, 0.5) is 14.5 Å². The van der Waals surface area contributed by atoms with Crippen molar-refractivity contribution >= 4 is 5.69 Å². The Balaban J connectivity index is 2.19. The van der Waals surface area contributed by atoms with Crippen LogP contribution >= 0.6 is 0 Å². The minimum atomic E-state index is -0.686. The van der Waals surface area contributed by atoms with E-state index in [1.54, 1.807) is 0 Å². The molecule has 5 heteroatoms. The van der Waals surface area contributed by atoms with Crippen LogP contribution in [-0.2, 0) is 6.61 Å². The number of phenols is 1. The van der Waals surface area contributed by atoms with Crippen molar-refractivity contribution in [2.45, 2.75) is 6.61 Å². The molecule has 0 spiro atoms. The highest BCUT2D eigenvalue weighted by atomic mass is 19.1. The second-order valence-corrected chi connectivity index (χ2v) is 3.68. The van der Waals surface area contributed by atoms with Crippen LogP contribution in [0.1, 0.15) is 5.56 Å². The molecule has 0 aliphatic carbocycles. The van der Waals surface area contributed by atoms with Crippen molar-refractivity contribution in [2.75, 3.05) is 5.73 Å². The van der Waals surface area contributed by atoms with Gasteiger partial charge in [0.25, 0.3) is 0 Å². The van der Waals surface area contributed by atoms with Crippen molar-refractivity contribution in [3.63, 3.8) is 0 Å². The zero-order chi connectivity index (χ0) is 13.1. The number of anilines is 1. The van der Waals surface area contributed by atoms with Gasteiger partial charge in [0.2, 0.25) is 0 Å². The Bertz CT molecular complexity index is 553. The number of hydrogen-bond acceptors (Lipinski definition) is 3. The Labute approximate surface area is 102 Å². The third kappa shape index (κ3) is 2.34. The lowest BCUT2D eigenvalue weighted by atomic mass is 10.2. The van der Waals surface area contributed by atoms with E-state index in [1.807, 2.05) is 0 Å². The number of phenolic OH excluding ortho intramolecular Hbond substituents is 1. The molecule has 0 bridgehead atoms. The van der Waals surface area contributed by atoms with Gasteiger partial charge in [-0.1, -0.05) is 12.1 Å². The van der Waals surface area contributed by atoms with Gasteiger partial charge in [-0.25, -0.2) is 8.78 Å². The summed E-state index contributed by atoms with van der Waals surface area (Å²) in [4.78, 5) is 0. The van der Waals surface area contributed by atoms with Gasteiger partial charge in [-0.05, 0) is 24.3 Å². The maximum absolute atomic E-state index is 13.3. The molecule has 2 aromatic carbocycles. The van der Waals surface area contributed by atoms with Crippen LogP contribution in [0.3, 0.4) is 0 Å². The van der Waals surface area contributed by atoms with Crippen molar-refractivity contribution in [1.29, 1.82) is 0 Å². The second kappa shape index (κ2) is 4.91. The number of aromatic hydroxyl groups is 1. The summed E-state index contributed by atoms with van der Waals surface area (Å²) in [6.45, 7) is -0.299. The third-order valence-electron chi connectivity index (χ3n) is 2.48. The Morgan fingerprint density at radius 3 is 2.33 bits per heavy atom. The summed E-state index contributed by atoms with van der Waals surface area (Å²) >= 11 is 0. The van der Waals surface area contributed by atoms with Crippen molar-refractivity contribution in [3.05, 3.63) is 53.6 Å². The Morgan fingerprint density at radius 2 is 1.67 bits per heavy atom. The van der Waals surface area contributed by atoms with Crippen LogP contribution in [-0.4, -0.2) is 5.11 Å². The lowest BCUT2D eigenvalue weighted by Crippen LogP contribution is -2.03. The number of benzene rings is 2. The molecule has 0 amide bonds. The highest BCUT2D eigenvalue weighted by Crippen LogP contribution is 2.30. The van der Waals surface area contributed by atoms with E-state index < -0.39 is 11.6 Å². The maximum Gasteiger partial charge on any atom is 0.146 e. The van der Waals surface area contributed by atoms with Gasteiger partial charge in [0.05, 0.1) is 5.56 Å².